The first-order chi connectivity index (χ1) is 15.3. The molecular formula is C23H28N2O6S. The minimum atomic E-state index is -3.75. The average Bonchev–Trinajstić information content (AvgIpc) is 2.83. The van der Waals surface area contributed by atoms with Crippen molar-refractivity contribution in [2.75, 3.05) is 20.2 Å². The Morgan fingerprint density at radius 1 is 1.12 bits per heavy atom. The van der Waals surface area contributed by atoms with Crippen molar-refractivity contribution in [3.8, 4) is 5.75 Å². The Morgan fingerprint density at radius 2 is 1.81 bits per heavy atom. The Hall–Kier alpha value is -2.91. The minimum absolute atomic E-state index is 0.0194. The fourth-order valence-corrected chi connectivity index (χ4v) is 5.03. The predicted molar refractivity (Wildman–Crippen MR) is 118 cm³/mol. The molecule has 2 unspecified atom stereocenters. The summed E-state index contributed by atoms with van der Waals surface area (Å²) in [5, 5.41) is 2.74. The molecule has 0 aromatic heterocycles. The van der Waals surface area contributed by atoms with Crippen LogP contribution < -0.4 is 10.1 Å². The van der Waals surface area contributed by atoms with Gasteiger partial charge < -0.3 is 14.8 Å². The van der Waals surface area contributed by atoms with Crippen LogP contribution in [0.25, 0.3) is 0 Å². The Bertz CT molecular complexity index is 1020. The summed E-state index contributed by atoms with van der Waals surface area (Å²) in [6.45, 7) is 2.18. The molecule has 2 atom stereocenters. The standard InChI is InChI=1S/C23H28N2O6S/c1-17(22(26)24-15-18-7-4-3-5-8-18)31-23(27)19-9-6-14-25(16-19)32(28,29)21-12-10-20(30-2)11-13-21/h3-5,7-8,10-13,17,19H,6,9,14-16H2,1-2H3,(H,24,26). The molecule has 1 aliphatic rings. The predicted octanol–water partition coefficient (Wildman–Crippen LogP) is 2.34. The van der Waals surface area contributed by atoms with Crippen molar-refractivity contribution >= 4 is 21.9 Å². The van der Waals surface area contributed by atoms with Crippen molar-refractivity contribution in [3.05, 3.63) is 60.2 Å². The van der Waals surface area contributed by atoms with Crippen molar-refractivity contribution in [3.63, 3.8) is 0 Å². The van der Waals surface area contributed by atoms with E-state index in [9.17, 15) is 18.0 Å². The quantitative estimate of drug-likeness (QED) is 0.607. The van der Waals surface area contributed by atoms with Gasteiger partial charge in [-0.25, -0.2) is 8.42 Å². The molecule has 32 heavy (non-hydrogen) atoms. The van der Waals surface area contributed by atoms with Crippen LogP contribution in [0.4, 0.5) is 0 Å². The third-order valence-corrected chi connectivity index (χ3v) is 7.27. The van der Waals surface area contributed by atoms with E-state index in [-0.39, 0.29) is 11.4 Å². The number of methoxy groups -OCH3 is 1. The maximum atomic E-state index is 13.0. The fourth-order valence-electron chi connectivity index (χ4n) is 3.50. The molecule has 1 saturated heterocycles. The van der Waals surface area contributed by atoms with E-state index >= 15 is 0 Å². The fraction of sp³-hybridized carbons (Fsp3) is 0.391. The third kappa shape index (κ3) is 5.86. The van der Waals surface area contributed by atoms with Crippen molar-refractivity contribution < 1.29 is 27.5 Å². The molecule has 0 aliphatic carbocycles. The van der Waals surface area contributed by atoms with Gasteiger partial charge in [0, 0.05) is 19.6 Å². The highest BCUT2D eigenvalue weighted by Crippen LogP contribution is 2.26. The van der Waals surface area contributed by atoms with E-state index in [2.05, 4.69) is 5.32 Å². The Labute approximate surface area is 188 Å². The van der Waals surface area contributed by atoms with E-state index in [4.69, 9.17) is 9.47 Å². The van der Waals surface area contributed by atoms with E-state index in [1.165, 1.54) is 30.5 Å². The van der Waals surface area contributed by atoms with Gasteiger partial charge in [-0.2, -0.15) is 4.31 Å². The normalized spacial score (nSPS) is 17.9. The van der Waals surface area contributed by atoms with Gasteiger partial charge in [-0.1, -0.05) is 30.3 Å². The number of nitrogens with one attached hydrogen (secondary N) is 1. The number of carbonyl (C=O) groups excluding carboxylic acids is 2. The number of sulfonamides is 1. The number of nitrogens with zero attached hydrogens (tertiary/aromatic N) is 1. The van der Waals surface area contributed by atoms with Crippen molar-refractivity contribution in [1.29, 1.82) is 0 Å². The number of benzene rings is 2. The van der Waals surface area contributed by atoms with Crippen molar-refractivity contribution in [2.45, 2.75) is 37.3 Å². The lowest BCUT2D eigenvalue weighted by Gasteiger charge is -2.31. The van der Waals surface area contributed by atoms with Gasteiger partial charge in [0.25, 0.3) is 5.91 Å². The number of hydrogen-bond acceptors (Lipinski definition) is 6. The van der Waals surface area contributed by atoms with E-state index < -0.39 is 33.9 Å². The SMILES string of the molecule is COc1ccc(S(=O)(=O)N2CCCC(C(=O)OC(C)C(=O)NCc3ccccc3)C2)cc1. The molecule has 1 heterocycles. The lowest BCUT2D eigenvalue weighted by atomic mass is 10.00. The third-order valence-electron chi connectivity index (χ3n) is 5.39. The molecule has 0 radical (unpaired) electrons. The van der Waals surface area contributed by atoms with Gasteiger partial charge in [-0.05, 0) is 49.6 Å². The Balaban J connectivity index is 1.56. The molecule has 2 aromatic rings. The van der Waals surface area contributed by atoms with Crippen molar-refractivity contribution in [1.82, 2.24) is 9.62 Å². The summed E-state index contributed by atoms with van der Waals surface area (Å²) < 4.78 is 37.7. The second kappa shape index (κ2) is 10.6. The molecule has 0 bridgehead atoms. The van der Waals surface area contributed by atoms with Gasteiger partial charge >= 0.3 is 5.97 Å². The molecule has 1 aliphatic heterocycles. The molecule has 1 N–H and O–H groups in total. The summed E-state index contributed by atoms with van der Waals surface area (Å²) >= 11 is 0. The first-order valence-corrected chi connectivity index (χ1v) is 11.9. The zero-order valence-electron chi connectivity index (χ0n) is 18.2. The molecule has 0 saturated carbocycles. The largest absolute Gasteiger partial charge is 0.497 e. The van der Waals surface area contributed by atoms with Gasteiger partial charge in [0.1, 0.15) is 5.75 Å². The molecule has 2 aromatic carbocycles. The molecule has 8 nitrogen and oxygen atoms in total. The van der Waals surface area contributed by atoms with Gasteiger partial charge in [-0.15, -0.1) is 0 Å². The smallest absolute Gasteiger partial charge is 0.311 e. The maximum absolute atomic E-state index is 13.0. The summed E-state index contributed by atoms with van der Waals surface area (Å²) in [4.78, 5) is 25.1. The van der Waals surface area contributed by atoms with Crippen LogP contribution in [0.2, 0.25) is 0 Å². The monoisotopic (exact) mass is 460 g/mol. The second-order valence-corrected chi connectivity index (χ2v) is 9.60. The van der Waals surface area contributed by atoms with Gasteiger partial charge in [0.05, 0.1) is 17.9 Å². The minimum Gasteiger partial charge on any atom is -0.497 e. The van der Waals surface area contributed by atoms with Crippen LogP contribution in [0, 0.1) is 5.92 Å². The number of hydrogen-bond donors (Lipinski definition) is 1. The van der Waals surface area contributed by atoms with E-state index in [1.54, 1.807) is 12.1 Å². The van der Waals surface area contributed by atoms with Gasteiger partial charge in [-0.3, -0.25) is 9.59 Å². The van der Waals surface area contributed by atoms with Crippen LogP contribution in [-0.2, 0) is 30.9 Å². The van der Waals surface area contributed by atoms with E-state index in [1.807, 2.05) is 30.3 Å². The summed E-state index contributed by atoms with van der Waals surface area (Å²) in [7, 11) is -2.24. The topological polar surface area (TPSA) is 102 Å². The lowest BCUT2D eigenvalue weighted by Crippen LogP contribution is -2.44. The summed E-state index contributed by atoms with van der Waals surface area (Å²) in [6, 6.07) is 15.5. The molecule has 0 spiro atoms. The zero-order chi connectivity index (χ0) is 23.1. The Kier molecular flexibility index (Phi) is 7.87. The second-order valence-electron chi connectivity index (χ2n) is 7.66. The van der Waals surface area contributed by atoms with E-state index in [0.29, 0.717) is 31.7 Å². The van der Waals surface area contributed by atoms with Crippen LogP contribution in [-0.4, -0.2) is 50.9 Å². The van der Waals surface area contributed by atoms with Gasteiger partial charge in [0.2, 0.25) is 10.0 Å². The summed E-state index contributed by atoms with van der Waals surface area (Å²) in [5.74, 6) is -1.03. The number of piperidine rings is 1. The molecule has 172 valence electrons. The van der Waals surface area contributed by atoms with E-state index in [0.717, 1.165) is 5.56 Å². The molecule has 1 amide bonds. The number of esters is 1. The Morgan fingerprint density at radius 3 is 2.47 bits per heavy atom. The highest BCUT2D eigenvalue weighted by molar-refractivity contribution is 7.89. The zero-order valence-corrected chi connectivity index (χ0v) is 19.0. The first kappa shape index (κ1) is 23.7. The number of rotatable bonds is 8. The molecule has 3 rings (SSSR count). The lowest BCUT2D eigenvalue weighted by molar-refractivity contribution is -0.159. The first-order valence-electron chi connectivity index (χ1n) is 10.5. The van der Waals surface area contributed by atoms with Gasteiger partial charge in [0.15, 0.2) is 6.10 Å². The number of amides is 1. The summed E-state index contributed by atoms with van der Waals surface area (Å²) in [6.07, 6.45) is 0.0648. The molecular weight excluding hydrogens is 432 g/mol. The molecule has 1 fully saturated rings. The van der Waals surface area contributed by atoms with Crippen LogP contribution in [0.5, 0.6) is 5.75 Å². The number of carbonyl (C=O) groups is 2. The highest BCUT2D eigenvalue weighted by atomic mass is 32.2. The van der Waals surface area contributed by atoms with Crippen LogP contribution in [0.3, 0.4) is 0 Å². The molecule has 9 heteroatoms. The van der Waals surface area contributed by atoms with Crippen molar-refractivity contribution in [2.24, 2.45) is 5.92 Å². The van der Waals surface area contributed by atoms with Crippen LogP contribution in [0.15, 0.2) is 59.5 Å². The van der Waals surface area contributed by atoms with Crippen LogP contribution >= 0.6 is 0 Å². The average molecular weight is 461 g/mol. The maximum Gasteiger partial charge on any atom is 0.311 e. The van der Waals surface area contributed by atoms with Crippen LogP contribution in [0.1, 0.15) is 25.3 Å². The summed E-state index contributed by atoms with van der Waals surface area (Å²) in [5.41, 5.74) is 0.936. The number of ether oxygens (including phenoxy) is 2. The highest BCUT2D eigenvalue weighted by Gasteiger charge is 2.35.